The normalized spacial score (nSPS) is 12.4. The van der Waals surface area contributed by atoms with Gasteiger partial charge >= 0.3 is 5.82 Å². The first kappa shape index (κ1) is 24.8. The Morgan fingerprint density at radius 2 is 1.89 bits per heavy atom. The first-order valence-corrected chi connectivity index (χ1v) is 11.9. The zero-order chi connectivity index (χ0) is 24.8. The van der Waals surface area contributed by atoms with Gasteiger partial charge < -0.3 is 38.0 Å². The van der Waals surface area contributed by atoms with E-state index in [1.165, 1.54) is 6.33 Å². The molecule has 4 rings (SSSR count). The van der Waals surface area contributed by atoms with Gasteiger partial charge in [0.15, 0.2) is 31.1 Å². The summed E-state index contributed by atoms with van der Waals surface area (Å²) in [5.74, 6) is -0.838. The molecule has 1 atom stereocenters. The SMILES string of the molecule is Cc1ccc(COP(COCCn2cnc3c(=O)[nH]c(N)nc32)OCc2oc(=O)oc2CO)cc1. The van der Waals surface area contributed by atoms with Crippen molar-refractivity contribution in [3.8, 4) is 0 Å². The van der Waals surface area contributed by atoms with Gasteiger partial charge in [-0.1, -0.05) is 29.8 Å². The summed E-state index contributed by atoms with van der Waals surface area (Å²) in [6.45, 7) is 2.26. The smallest absolute Gasteiger partial charge is 0.393 e. The standard InChI is InChI=1S/C21H24N5O8P/c1-13-2-4-14(5-3-13)9-31-35(32-10-16-15(8-27)33-21(29)34-16)12-30-7-6-26-11-23-17-18(26)24-20(22)25-19(17)28/h2-5,11,27H,6-10,12H2,1H3,(H3,22,24,25,28). The van der Waals surface area contributed by atoms with Crippen LogP contribution in [0.3, 0.4) is 0 Å². The van der Waals surface area contributed by atoms with Gasteiger partial charge in [0.1, 0.15) is 19.6 Å². The van der Waals surface area contributed by atoms with E-state index in [2.05, 4.69) is 15.0 Å². The maximum absolute atomic E-state index is 11.9. The fourth-order valence-electron chi connectivity index (χ4n) is 3.08. The number of aromatic nitrogens is 4. The fraction of sp³-hybridized carbons (Fsp3) is 0.333. The third-order valence-corrected chi connectivity index (χ3v) is 6.10. The molecular formula is C21H24N5O8P. The number of fused-ring (bicyclic) bond motifs is 1. The van der Waals surface area contributed by atoms with E-state index in [0.29, 0.717) is 12.2 Å². The van der Waals surface area contributed by atoms with E-state index >= 15 is 0 Å². The summed E-state index contributed by atoms with van der Waals surface area (Å²) in [5, 5.41) is 9.30. The number of hydrogen-bond acceptors (Lipinski definition) is 11. The molecule has 3 aromatic heterocycles. The molecule has 0 amide bonds. The average Bonchev–Trinajstić information content (AvgIpc) is 3.41. The molecule has 4 N–H and O–H groups in total. The Balaban J connectivity index is 1.36. The fourth-order valence-corrected chi connectivity index (χ4v) is 4.13. The minimum absolute atomic E-state index is 0.000240. The molecule has 3 heterocycles. The Morgan fingerprint density at radius 3 is 2.66 bits per heavy atom. The minimum atomic E-state index is -1.56. The van der Waals surface area contributed by atoms with Gasteiger partial charge in [0.05, 0.1) is 19.5 Å². The number of aliphatic hydroxyl groups excluding tert-OH is 1. The summed E-state index contributed by atoms with van der Waals surface area (Å²) in [5.41, 5.74) is 7.84. The zero-order valence-corrected chi connectivity index (χ0v) is 19.7. The molecule has 0 aliphatic carbocycles. The van der Waals surface area contributed by atoms with Crippen LogP contribution in [0.2, 0.25) is 0 Å². The number of rotatable bonds is 12. The van der Waals surface area contributed by atoms with Crippen molar-refractivity contribution in [2.24, 2.45) is 0 Å². The first-order chi connectivity index (χ1) is 16.9. The minimum Gasteiger partial charge on any atom is -0.393 e. The van der Waals surface area contributed by atoms with Crippen LogP contribution in [-0.2, 0) is 40.1 Å². The number of aliphatic hydroxyl groups is 1. The number of benzene rings is 1. The molecule has 4 aromatic rings. The molecule has 14 heteroatoms. The van der Waals surface area contributed by atoms with Crippen molar-refractivity contribution < 1.29 is 27.7 Å². The number of nitrogens with one attached hydrogen (secondary N) is 1. The van der Waals surface area contributed by atoms with E-state index in [9.17, 15) is 14.7 Å². The topological polar surface area (TPSA) is 181 Å². The van der Waals surface area contributed by atoms with Crippen molar-refractivity contribution in [3.05, 3.63) is 74.2 Å². The average molecular weight is 505 g/mol. The van der Waals surface area contributed by atoms with Gasteiger partial charge in [0.25, 0.3) is 5.56 Å². The number of ether oxygens (including phenoxy) is 1. The van der Waals surface area contributed by atoms with Crippen molar-refractivity contribution in [2.75, 3.05) is 18.7 Å². The van der Waals surface area contributed by atoms with Gasteiger partial charge in [0, 0.05) is 6.54 Å². The van der Waals surface area contributed by atoms with Crippen molar-refractivity contribution in [2.45, 2.75) is 33.3 Å². The summed E-state index contributed by atoms with van der Waals surface area (Å²) < 4.78 is 28.8. The molecule has 1 unspecified atom stereocenters. The molecule has 1 aromatic carbocycles. The van der Waals surface area contributed by atoms with E-state index in [1.807, 2.05) is 31.2 Å². The number of H-pyrrole nitrogens is 1. The van der Waals surface area contributed by atoms with Crippen molar-refractivity contribution >= 4 is 25.5 Å². The number of anilines is 1. The predicted octanol–water partition coefficient (Wildman–Crippen LogP) is 1.77. The number of nitrogens with two attached hydrogens (primary N) is 1. The maximum atomic E-state index is 11.9. The van der Waals surface area contributed by atoms with Gasteiger partial charge in [-0.2, -0.15) is 4.98 Å². The van der Waals surface area contributed by atoms with Crippen LogP contribution in [0.25, 0.3) is 11.2 Å². The van der Waals surface area contributed by atoms with Gasteiger partial charge in [-0.25, -0.2) is 9.78 Å². The molecular weight excluding hydrogens is 481 g/mol. The van der Waals surface area contributed by atoms with Crippen molar-refractivity contribution in [1.82, 2.24) is 19.5 Å². The van der Waals surface area contributed by atoms with Crippen LogP contribution >= 0.6 is 8.38 Å². The lowest BCUT2D eigenvalue weighted by molar-refractivity contribution is 0.135. The molecule has 13 nitrogen and oxygen atoms in total. The molecule has 0 spiro atoms. The molecule has 0 aliphatic rings. The molecule has 0 saturated heterocycles. The van der Waals surface area contributed by atoms with Crippen LogP contribution in [0.1, 0.15) is 22.6 Å². The Bertz CT molecular complexity index is 1380. The van der Waals surface area contributed by atoms with Gasteiger partial charge in [-0.15, -0.1) is 0 Å². The highest BCUT2D eigenvalue weighted by molar-refractivity contribution is 7.46. The van der Waals surface area contributed by atoms with Crippen LogP contribution < -0.4 is 17.1 Å². The molecule has 0 bridgehead atoms. The first-order valence-electron chi connectivity index (χ1n) is 10.5. The molecule has 0 saturated carbocycles. The molecule has 0 fully saturated rings. The van der Waals surface area contributed by atoms with E-state index in [-0.39, 0.29) is 49.2 Å². The van der Waals surface area contributed by atoms with Gasteiger partial charge in [0.2, 0.25) is 5.95 Å². The van der Waals surface area contributed by atoms with E-state index in [1.54, 1.807) is 4.57 Å². The summed E-state index contributed by atoms with van der Waals surface area (Å²) in [6.07, 6.45) is 1.60. The Morgan fingerprint density at radius 1 is 1.14 bits per heavy atom. The van der Waals surface area contributed by atoms with E-state index in [0.717, 1.165) is 11.1 Å². The van der Waals surface area contributed by atoms with Crippen LogP contribution in [0, 0.1) is 6.92 Å². The van der Waals surface area contributed by atoms with Crippen molar-refractivity contribution in [1.29, 1.82) is 0 Å². The number of nitrogens with zero attached hydrogens (tertiary/aromatic N) is 3. The largest absolute Gasteiger partial charge is 0.519 e. The molecule has 0 aliphatic heterocycles. The summed E-state index contributed by atoms with van der Waals surface area (Å²) in [4.78, 5) is 33.8. The maximum Gasteiger partial charge on any atom is 0.519 e. The summed E-state index contributed by atoms with van der Waals surface area (Å²) in [6, 6.07) is 7.86. The highest BCUT2D eigenvalue weighted by atomic mass is 31.2. The number of aryl methyl sites for hydroxylation is 1. The van der Waals surface area contributed by atoms with E-state index in [4.69, 9.17) is 28.4 Å². The molecule has 35 heavy (non-hydrogen) atoms. The number of hydrogen-bond donors (Lipinski definition) is 3. The zero-order valence-electron chi connectivity index (χ0n) is 18.8. The second-order valence-electron chi connectivity index (χ2n) is 7.42. The predicted molar refractivity (Wildman–Crippen MR) is 124 cm³/mol. The number of aromatic amines is 1. The Hall–Kier alpha value is -3.35. The molecule has 0 radical (unpaired) electrons. The van der Waals surface area contributed by atoms with E-state index < -0.39 is 26.4 Å². The van der Waals surface area contributed by atoms with Crippen LogP contribution in [0.5, 0.6) is 0 Å². The molecule has 186 valence electrons. The lowest BCUT2D eigenvalue weighted by Crippen LogP contribution is -2.13. The number of imidazole rings is 1. The van der Waals surface area contributed by atoms with Crippen LogP contribution in [0.4, 0.5) is 5.95 Å². The summed E-state index contributed by atoms with van der Waals surface area (Å²) >= 11 is 0. The van der Waals surface area contributed by atoms with Crippen LogP contribution in [-0.4, -0.2) is 37.6 Å². The monoisotopic (exact) mass is 505 g/mol. The highest BCUT2D eigenvalue weighted by Crippen LogP contribution is 2.40. The quantitative estimate of drug-likeness (QED) is 0.188. The Labute approximate surface area is 199 Å². The third-order valence-electron chi connectivity index (χ3n) is 4.87. The summed E-state index contributed by atoms with van der Waals surface area (Å²) in [7, 11) is -1.56. The lowest BCUT2D eigenvalue weighted by atomic mass is 10.2. The van der Waals surface area contributed by atoms with Crippen molar-refractivity contribution in [3.63, 3.8) is 0 Å². The van der Waals surface area contributed by atoms with Gasteiger partial charge in [-0.05, 0) is 12.5 Å². The lowest BCUT2D eigenvalue weighted by Gasteiger charge is -2.17. The second-order valence-corrected chi connectivity index (χ2v) is 8.86. The van der Waals surface area contributed by atoms with Gasteiger partial charge in [-0.3, -0.25) is 9.78 Å². The Kier molecular flexibility index (Phi) is 8.06. The number of nitrogen functional groups attached to an aromatic ring is 1. The third kappa shape index (κ3) is 6.41. The second kappa shape index (κ2) is 11.4. The van der Waals surface area contributed by atoms with Crippen LogP contribution in [0.15, 0.2) is 49.0 Å². The highest BCUT2D eigenvalue weighted by Gasteiger charge is 2.18.